The number of nitro benzene ring substituents is 2. The normalized spacial score (nSPS) is 15.4. The molecule has 0 saturated carbocycles. The Morgan fingerprint density at radius 3 is 1.32 bits per heavy atom. The van der Waals surface area contributed by atoms with Crippen LogP contribution in [-0.2, 0) is 0 Å². The van der Waals surface area contributed by atoms with Gasteiger partial charge in [-0.25, -0.2) is 0 Å². The van der Waals surface area contributed by atoms with Gasteiger partial charge in [-0.2, -0.15) is 10.2 Å². The summed E-state index contributed by atoms with van der Waals surface area (Å²) < 4.78 is 0. The first-order valence-corrected chi connectivity index (χ1v) is 7.47. The maximum absolute atomic E-state index is 10.8. The number of non-ortho nitro benzene ring substituents is 2. The number of benzene rings is 2. The van der Waals surface area contributed by atoms with E-state index in [1.54, 1.807) is 24.3 Å². The lowest BCUT2D eigenvalue weighted by molar-refractivity contribution is -0.385. The molecule has 25 heavy (non-hydrogen) atoms. The van der Waals surface area contributed by atoms with Crippen LogP contribution in [0.4, 0.5) is 11.4 Å². The molecule has 1 aliphatic heterocycles. The molecule has 0 saturated heterocycles. The highest BCUT2D eigenvalue weighted by atomic mass is 16.6. The largest absolute Gasteiger partial charge is 0.269 e. The number of rotatable bonds is 4. The molecular weight excluding hydrogens is 324 g/mol. The van der Waals surface area contributed by atoms with E-state index in [0.29, 0.717) is 11.4 Å². The Morgan fingerprint density at radius 2 is 1.04 bits per heavy atom. The summed E-state index contributed by atoms with van der Waals surface area (Å²) in [6, 6.07) is 12.3. The first-order chi connectivity index (χ1) is 11.8. The standard InChI is InChI=1S/C17H14N4O4/c1-17(2)15(11-3-7-13(8-4-11)20(22)23)18-19-16(17)12-5-9-14(10-6-12)21(24)25/h3-10H,1-2H3. The van der Waals surface area contributed by atoms with Crippen LogP contribution in [0.25, 0.3) is 0 Å². The van der Waals surface area contributed by atoms with Gasteiger partial charge < -0.3 is 0 Å². The summed E-state index contributed by atoms with van der Waals surface area (Å²) in [6.07, 6.45) is 0. The van der Waals surface area contributed by atoms with Crippen molar-refractivity contribution in [3.05, 3.63) is 79.9 Å². The van der Waals surface area contributed by atoms with E-state index in [1.165, 1.54) is 24.3 Å². The molecule has 0 aliphatic carbocycles. The summed E-state index contributed by atoms with van der Waals surface area (Å²) in [6.45, 7) is 3.89. The Labute approximate surface area is 142 Å². The van der Waals surface area contributed by atoms with Crippen LogP contribution in [0.1, 0.15) is 25.0 Å². The van der Waals surface area contributed by atoms with Gasteiger partial charge in [0.25, 0.3) is 11.4 Å². The van der Waals surface area contributed by atoms with Gasteiger partial charge in [0, 0.05) is 24.3 Å². The molecule has 0 atom stereocenters. The average molecular weight is 338 g/mol. The van der Waals surface area contributed by atoms with Crippen LogP contribution >= 0.6 is 0 Å². The van der Waals surface area contributed by atoms with E-state index in [1.807, 2.05) is 13.8 Å². The number of nitro groups is 2. The Kier molecular flexibility index (Phi) is 3.88. The van der Waals surface area contributed by atoms with Crippen molar-refractivity contribution in [3.8, 4) is 0 Å². The molecule has 1 heterocycles. The average Bonchev–Trinajstić information content (AvgIpc) is 2.90. The quantitative estimate of drug-likeness (QED) is 0.624. The molecule has 0 spiro atoms. The SMILES string of the molecule is CC1(C)C(c2ccc([N+](=O)[O-])cc2)=NN=C1c1ccc([N+](=O)[O-])cc1. The lowest BCUT2D eigenvalue weighted by Crippen LogP contribution is -2.31. The van der Waals surface area contributed by atoms with E-state index in [-0.39, 0.29) is 11.4 Å². The molecule has 0 unspecified atom stereocenters. The van der Waals surface area contributed by atoms with Gasteiger partial charge in [0.2, 0.25) is 0 Å². The zero-order valence-electron chi connectivity index (χ0n) is 13.5. The lowest BCUT2D eigenvalue weighted by Gasteiger charge is -2.23. The van der Waals surface area contributed by atoms with Crippen molar-refractivity contribution in [3.63, 3.8) is 0 Å². The topological polar surface area (TPSA) is 111 Å². The first-order valence-electron chi connectivity index (χ1n) is 7.47. The van der Waals surface area contributed by atoms with Gasteiger partial charge in [-0.05, 0) is 49.2 Å². The zero-order chi connectivity index (χ0) is 18.2. The van der Waals surface area contributed by atoms with Crippen LogP contribution in [0.3, 0.4) is 0 Å². The second-order valence-corrected chi connectivity index (χ2v) is 6.13. The molecule has 0 bridgehead atoms. The molecule has 0 aromatic heterocycles. The predicted octanol–water partition coefficient (Wildman–Crippen LogP) is 3.74. The van der Waals surface area contributed by atoms with Gasteiger partial charge in [0.05, 0.1) is 26.7 Å². The Bertz CT molecular complexity index is 837. The summed E-state index contributed by atoms with van der Waals surface area (Å²) in [5, 5.41) is 30.1. The van der Waals surface area contributed by atoms with Crippen LogP contribution in [0.5, 0.6) is 0 Å². The maximum atomic E-state index is 10.8. The van der Waals surface area contributed by atoms with Crippen LogP contribution in [-0.4, -0.2) is 21.3 Å². The molecule has 0 radical (unpaired) electrons. The second kappa shape index (κ2) is 5.90. The van der Waals surface area contributed by atoms with Gasteiger partial charge in [0.1, 0.15) is 0 Å². The molecular formula is C17H14N4O4. The summed E-state index contributed by atoms with van der Waals surface area (Å²) in [5.41, 5.74) is 2.36. The van der Waals surface area contributed by atoms with Crippen LogP contribution in [0, 0.1) is 25.6 Å². The van der Waals surface area contributed by atoms with E-state index in [4.69, 9.17) is 0 Å². The molecule has 0 amide bonds. The van der Waals surface area contributed by atoms with Crippen molar-refractivity contribution in [1.29, 1.82) is 0 Å². The summed E-state index contributed by atoms with van der Waals surface area (Å²) in [4.78, 5) is 20.6. The lowest BCUT2D eigenvalue weighted by atomic mass is 9.77. The van der Waals surface area contributed by atoms with Crippen molar-refractivity contribution >= 4 is 22.8 Å². The van der Waals surface area contributed by atoms with Crippen LogP contribution in [0.15, 0.2) is 58.7 Å². The number of nitrogens with zero attached hydrogens (tertiary/aromatic N) is 4. The minimum atomic E-state index is -0.535. The van der Waals surface area contributed by atoms with Crippen LogP contribution in [0.2, 0.25) is 0 Å². The van der Waals surface area contributed by atoms with E-state index < -0.39 is 15.3 Å². The molecule has 0 fully saturated rings. The van der Waals surface area contributed by atoms with Crippen LogP contribution < -0.4 is 0 Å². The van der Waals surface area contributed by atoms with Gasteiger partial charge in [0.15, 0.2) is 0 Å². The van der Waals surface area contributed by atoms with Crippen molar-refractivity contribution in [2.24, 2.45) is 15.6 Å². The monoisotopic (exact) mass is 338 g/mol. The fourth-order valence-electron chi connectivity index (χ4n) is 2.78. The fourth-order valence-corrected chi connectivity index (χ4v) is 2.78. The molecule has 3 rings (SSSR count). The third-order valence-corrected chi connectivity index (χ3v) is 4.14. The third-order valence-electron chi connectivity index (χ3n) is 4.14. The highest BCUT2D eigenvalue weighted by Gasteiger charge is 2.37. The van der Waals surface area contributed by atoms with Gasteiger partial charge in [-0.3, -0.25) is 20.2 Å². The highest BCUT2D eigenvalue weighted by Crippen LogP contribution is 2.34. The first kappa shape index (κ1) is 16.4. The second-order valence-electron chi connectivity index (χ2n) is 6.13. The van der Waals surface area contributed by atoms with E-state index in [9.17, 15) is 20.2 Å². The van der Waals surface area contributed by atoms with E-state index >= 15 is 0 Å². The molecule has 0 N–H and O–H groups in total. The Balaban J connectivity index is 1.89. The summed E-state index contributed by atoms with van der Waals surface area (Å²) in [7, 11) is 0. The smallest absolute Gasteiger partial charge is 0.258 e. The van der Waals surface area contributed by atoms with Gasteiger partial charge in [-0.15, -0.1) is 0 Å². The van der Waals surface area contributed by atoms with E-state index in [2.05, 4.69) is 10.2 Å². The molecule has 126 valence electrons. The molecule has 8 nitrogen and oxygen atoms in total. The third kappa shape index (κ3) is 2.89. The highest BCUT2D eigenvalue weighted by molar-refractivity contribution is 6.25. The number of hydrogen-bond acceptors (Lipinski definition) is 6. The summed E-state index contributed by atoms with van der Waals surface area (Å²) in [5.74, 6) is 0. The zero-order valence-corrected chi connectivity index (χ0v) is 13.5. The van der Waals surface area contributed by atoms with Crippen molar-refractivity contribution < 1.29 is 9.85 Å². The van der Waals surface area contributed by atoms with Crippen molar-refractivity contribution in [2.45, 2.75) is 13.8 Å². The summed E-state index contributed by atoms with van der Waals surface area (Å²) >= 11 is 0. The van der Waals surface area contributed by atoms with E-state index in [0.717, 1.165) is 11.1 Å². The molecule has 8 heteroatoms. The van der Waals surface area contributed by atoms with Gasteiger partial charge in [-0.1, -0.05) is 0 Å². The molecule has 2 aromatic carbocycles. The number of hydrogen-bond donors (Lipinski definition) is 0. The Hall–Kier alpha value is -3.42. The maximum Gasteiger partial charge on any atom is 0.269 e. The minimum absolute atomic E-state index is 0.0108. The van der Waals surface area contributed by atoms with Crippen molar-refractivity contribution in [2.75, 3.05) is 0 Å². The predicted molar refractivity (Wildman–Crippen MR) is 93.0 cm³/mol. The molecule has 1 aliphatic rings. The fraction of sp³-hybridized carbons (Fsp3) is 0.176. The van der Waals surface area contributed by atoms with Gasteiger partial charge >= 0.3 is 0 Å². The molecule has 2 aromatic rings. The Morgan fingerprint density at radius 1 is 0.720 bits per heavy atom. The van der Waals surface area contributed by atoms with Crippen molar-refractivity contribution in [1.82, 2.24) is 0 Å². The minimum Gasteiger partial charge on any atom is -0.258 e.